The van der Waals surface area contributed by atoms with Crippen LogP contribution in [-0.2, 0) is 6.42 Å². The zero-order chi connectivity index (χ0) is 14.5. The van der Waals surface area contributed by atoms with Crippen molar-refractivity contribution in [3.8, 4) is 0 Å². The molecule has 0 aliphatic heterocycles. The molecule has 0 bridgehead atoms. The van der Waals surface area contributed by atoms with Gasteiger partial charge in [0.05, 0.1) is 12.1 Å². The Morgan fingerprint density at radius 3 is 2.60 bits per heavy atom. The van der Waals surface area contributed by atoms with Crippen molar-refractivity contribution in [3.63, 3.8) is 0 Å². The summed E-state index contributed by atoms with van der Waals surface area (Å²) >= 11 is 0. The molecule has 1 heterocycles. The van der Waals surface area contributed by atoms with Crippen LogP contribution in [0.5, 0.6) is 0 Å². The number of anilines is 1. The first-order valence-corrected chi connectivity index (χ1v) is 6.42. The number of halogens is 1. The number of ketones is 1. The molecule has 0 aliphatic carbocycles. The molecule has 1 N–H and O–H groups in total. The molecular formula is C15H16FN3O. The van der Waals surface area contributed by atoms with Gasteiger partial charge in [0.25, 0.3) is 0 Å². The van der Waals surface area contributed by atoms with E-state index in [1.165, 1.54) is 24.3 Å². The Bertz CT molecular complexity index is 596. The van der Waals surface area contributed by atoms with E-state index in [2.05, 4.69) is 15.3 Å². The summed E-state index contributed by atoms with van der Waals surface area (Å²) in [5.74, 6) is 0.0515. The number of hydrogen-bond donors (Lipinski definition) is 1. The van der Waals surface area contributed by atoms with Crippen molar-refractivity contribution in [2.45, 2.75) is 26.3 Å². The van der Waals surface area contributed by atoms with Gasteiger partial charge < -0.3 is 5.32 Å². The van der Waals surface area contributed by atoms with E-state index in [0.717, 1.165) is 0 Å². The molecule has 2 aromatic rings. The Kier molecular flexibility index (Phi) is 4.40. The molecule has 2 rings (SSSR count). The number of nitrogens with zero attached hydrogens (tertiary/aromatic N) is 2. The van der Waals surface area contributed by atoms with Gasteiger partial charge in [-0.1, -0.05) is 0 Å². The van der Waals surface area contributed by atoms with Gasteiger partial charge in [-0.3, -0.25) is 4.79 Å². The largest absolute Gasteiger partial charge is 0.352 e. The van der Waals surface area contributed by atoms with Crippen LogP contribution in [0.15, 0.2) is 36.5 Å². The number of nitrogens with one attached hydrogen (secondary N) is 1. The van der Waals surface area contributed by atoms with Gasteiger partial charge in [-0.25, -0.2) is 14.4 Å². The molecular weight excluding hydrogens is 257 g/mol. The summed E-state index contributed by atoms with van der Waals surface area (Å²) in [7, 11) is 0. The lowest BCUT2D eigenvalue weighted by atomic mass is 10.1. The van der Waals surface area contributed by atoms with E-state index >= 15 is 0 Å². The minimum Gasteiger partial charge on any atom is -0.352 e. The first kappa shape index (κ1) is 14.1. The third-order valence-corrected chi connectivity index (χ3v) is 2.64. The van der Waals surface area contributed by atoms with Crippen LogP contribution in [-0.4, -0.2) is 21.8 Å². The summed E-state index contributed by atoms with van der Waals surface area (Å²) in [6.07, 6.45) is 1.78. The zero-order valence-electron chi connectivity index (χ0n) is 11.4. The van der Waals surface area contributed by atoms with Crippen molar-refractivity contribution in [1.29, 1.82) is 0 Å². The van der Waals surface area contributed by atoms with Gasteiger partial charge in [0, 0.05) is 17.8 Å². The molecule has 4 nitrogen and oxygen atoms in total. The van der Waals surface area contributed by atoms with E-state index in [0.29, 0.717) is 17.2 Å². The Hall–Kier alpha value is -2.30. The quantitative estimate of drug-likeness (QED) is 0.851. The molecule has 0 fully saturated rings. The van der Waals surface area contributed by atoms with Crippen molar-refractivity contribution in [1.82, 2.24) is 9.97 Å². The highest BCUT2D eigenvalue weighted by Crippen LogP contribution is 2.09. The first-order chi connectivity index (χ1) is 9.54. The summed E-state index contributed by atoms with van der Waals surface area (Å²) < 4.78 is 12.8. The van der Waals surface area contributed by atoms with Gasteiger partial charge in [0.15, 0.2) is 5.78 Å². The van der Waals surface area contributed by atoms with Crippen LogP contribution in [0.25, 0.3) is 0 Å². The fourth-order valence-electron chi connectivity index (χ4n) is 1.72. The van der Waals surface area contributed by atoms with Crippen LogP contribution in [0.2, 0.25) is 0 Å². The topological polar surface area (TPSA) is 54.9 Å². The Balaban J connectivity index is 2.09. The normalized spacial score (nSPS) is 10.6. The molecule has 1 aromatic heterocycles. The number of rotatable bonds is 5. The molecule has 20 heavy (non-hydrogen) atoms. The van der Waals surface area contributed by atoms with E-state index in [9.17, 15) is 9.18 Å². The van der Waals surface area contributed by atoms with E-state index in [4.69, 9.17) is 0 Å². The lowest BCUT2D eigenvalue weighted by Gasteiger charge is -2.08. The van der Waals surface area contributed by atoms with Gasteiger partial charge in [-0.05, 0) is 44.2 Å². The molecule has 0 radical (unpaired) electrons. The standard InChI is InChI=1S/C15H16FN3O/c1-10(2)18-15-17-8-7-13(19-15)9-14(20)11-3-5-12(16)6-4-11/h3-8,10H,9H2,1-2H3,(H,17,18,19). The van der Waals surface area contributed by atoms with Crippen LogP contribution >= 0.6 is 0 Å². The van der Waals surface area contributed by atoms with Gasteiger partial charge in [0.2, 0.25) is 5.95 Å². The van der Waals surface area contributed by atoms with E-state index in [-0.39, 0.29) is 24.1 Å². The summed E-state index contributed by atoms with van der Waals surface area (Å²) in [5, 5.41) is 3.08. The van der Waals surface area contributed by atoms with E-state index in [1.54, 1.807) is 12.3 Å². The second kappa shape index (κ2) is 6.23. The minimum absolute atomic E-state index is 0.0980. The van der Waals surface area contributed by atoms with Crippen molar-refractivity contribution >= 4 is 11.7 Å². The summed E-state index contributed by atoms with van der Waals surface area (Å²) in [5.41, 5.74) is 1.11. The number of carbonyl (C=O) groups excluding carboxylic acids is 1. The van der Waals surface area contributed by atoms with Crippen LogP contribution < -0.4 is 5.32 Å². The third kappa shape index (κ3) is 3.85. The predicted octanol–water partition coefficient (Wildman–Crippen LogP) is 2.86. The van der Waals surface area contributed by atoms with Gasteiger partial charge in [-0.15, -0.1) is 0 Å². The molecule has 0 atom stereocenters. The van der Waals surface area contributed by atoms with Crippen molar-refractivity contribution in [2.75, 3.05) is 5.32 Å². The lowest BCUT2D eigenvalue weighted by Crippen LogP contribution is -2.14. The Labute approximate surface area is 117 Å². The molecule has 0 amide bonds. The van der Waals surface area contributed by atoms with Gasteiger partial charge >= 0.3 is 0 Å². The fourth-order valence-corrected chi connectivity index (χ4v) is 1.72. The van der Waals surface area contributed by atoms with Crippen LogP contribution in [0.4, 0.5) is 10.3 Å². The molecule has 0 saturated heterocycles. The highest BCUT2D eigenvalue weighted by Gasteiger charge is 2.09. The summed E-state index contributed by atoms with van der Waals surface area (Å²) in [6, 6.07) is 7.43. The molecule has 0 aliphatic rings. The third-order valence-electron chi connectivity index (χ3n) is 2.64. The van der Waals surface area contributed by atoms with Crippen LogP contribution in [0.3, 0.4) is 0 Å². The number of aromatic nitrogens is 2. The van der Waals surface area contributed by atoms with Gasteiger partial charge in [-0.2, -0.15) is 0 Å². The maximum atomic E-state index is 12.8. The van der Waals surface area contributed by atoms with E-state index in [1.807, 2.05) is 13.8 Å². The van der Waals surface area contributed by atoms with Gasteiger partial charge in [0.1, 0.15) is 5.82 Å². The average Bonchev–Trinajstić information content (AvgIpc) is 2.39. The first-order valence-electron chi connectivity index (χ1n) is 6.42. The molecule has 0 spiro atoms. The molecule has 1 aromatic carbocycles. The number of Topliss-reactive ketones (excluding diaryl/α,β-unsaturated/α-hetero) is 1. The number of hydrogen-bond acceptors (Lipinski definition) is 4. The highest BCUT2D eigenvalue weighted by molar-refractivity contribution is 5.97. The molecule has 0 unspecified atom stereocenters. The van der Waals surface area contributed by atoms with Crippen molar-refractivity contribution in [2.24, 2.45) is 0 Å². The zero-order valence-corrected chi connectivity index (χ0v) is 11.4. The fraction of sp³-hybridized carbons (Fsp3) is 0.267. The summed E-state index contributed by atoms with van der Waals surface area (Å²) in [4.78, 5) is 20.4. The van der Waals surface area contributed by atoms with Crippen LogP contribution in [0.1, 0.15) is 29.9 Å². The molecule has 5 heteroatoms. The smallest absolute Gasteiger partial charge is 0.223 e. The monoisotopic (exact) mass is 273 g/mol. The maximum Gasteiger partial charge on any atom is 0.223 e. The maximum absolute atomic E-state index is 12.8. The minimum atomic E-state index is -0.355. The number of benzene rings is 1. The lowest BCUT2D eigenvalue weighted by molar-refractivity contribution is 0.0992. The predicted molar refractivity (Wildman–Crippen MR) is 75.2 cm³/mol. The average molecular weight is 273 g/mol. The van der Waals surface area contributed by atoms with Crippen molar-refractivity contribution < 1.29 is 9.18 Å². The SMILES string of the molecule is CC(C)Nc1nccc(CC(=O)c2ccc(F)cc2)n1. The highest BCUT2D eigenvalue weighted by atomic mass is 19.1. The second-order valence-corrected chi connectivity index (χ2v) is 4.78. The number of carbonyl (C=O) groups is 1. The van der Waals surface area contributed by atoms with Crippen molar-refractivity contribution in [3.05, 3.63) is 53.6 Å². The molecule has 104 valence electrons. The van der Waals surface area contributed by atoms with E-state index < -0.39 is 0 Å². The summed E-state index contributed by atoms with van der Waals surface area (Å²) in [6.45, 7) is 3.97. The molecule has 0 saturated carbocycles. The Morgan fingerprint density at radius 1 is 1.25 bits per heavy atom. The second-order valence-electron chi connectivity index (χ2n) is 4.78. The Morgan fingerprint density at radius 2 is 1.95 bits per heavy atom. The van der Waals surface area contributed by atoms with Crippen LogP contribution in [0, 0.1) is 5.82 Å².